The fraction of sp³-hybridized carbons (Fsp3) is 0.409. The van der Waals surface area contributed by atoms with Gasteiger partial charge >= 0.3 is 12.0 Å². The fourth-order valence-corrected chi connectivity index (χ4v) is 4.17. The molecular weight excluding hydrogens is 426 g/mol. The Morgan fingerprint density at radius 3 is 2.58 bits per heavy atom. The smallest absolute Gasteiger partial charge is 0.337 e. The maximum atomic E-state index is 12.4. The molecule has 0 unspecified atom stereocenters. The van der Waals surface area contributed by atoms with Gasteiger partial charge in [-0.2, -0.15) is 0 Å². The monoisotopic (exact) mass is 453 g/mol. The van der Waals surface area contributed by atoms with Crippen molar-refractivity contribution in [3.63, 3.8) is 0 Å². The summed E-state index contributed by atoms with van der Waals surface area (Å²) in [5.41, 5.74) is 6.53. The minimum Gasteiger partial charge on any atom is -0.465 e. The predicted octanol–water partition coefficient (Wildman–Crippen LogP) is 1.44. The minimum absolute atomic E-state index is 0.0145. The van der Waals surface area contributed by atoms with Crippen molar-refractivity contribution < 1.29 is 19.1 Å². The van der Waals surface area contributed by atoms with E-state index in [0.717, 1.165) is 25.9 Å². The van der Waals surface area contributed by atoms with Gasteiger partial charge in [0.1, 0.15) is 5.82 Å². The number of primary amides is 1. The highest BCUT2D eigenvalue weighted by Crippen LogP contribution is 2.26. The second-order valence-corrected chi connectivity index (χ2v) is 8.12. The highest BCUT2D eigenvalue weighted by Gasteiger charge is 2.34. The van der Waals surface area contributed by atoms with E-state index in [1.165, 1.54) is 13.3 Å². The molecule has 3 heterocycles. The Hall–Kier alpha value is -3.89. The van der Waals surface area contributed by atoms with Gasteiger partial charge in [0.05, 0.1) is 24.9 Å². The molecule has 3 N–H and O–H groups in total. The molecule has 1 aromatic carbocycles. The molecule has 4 rings (SSSR count). The lowest BCUT2D eigenvalue weighted by Gasteiger charge is -2.37. The number of anilines is 3. The largest absolute Gasteiger partial charge is 0.465 e. The lowest BCUT2D eigenvalue weighted by Crippen LogP contribution is -2.49. The van der Waals surface area contributed by atoms with E-state index < -0.39 is 11.9 Å². The van der Waals surface area contributed by atoms with Crippen LogP contribution < -0.4 is 16.0 Å². The molecular formula is C22H27N7O4. The van der Waals surface area contributed by atoms with E-state index in [1.807, 2.05) is 11.9 Å². The number of likely N-dealkylation sites (N-methyl/N-ethyl adjacent to an activating group) is 1. The van der Waals surface area contributed by atoms with E-state index in [1.54, 1.807) is 29.2 Å². The molecule has 1 atom stereocenters. The van der Waals surface area contributed by atoms with Crippen molar-refractivity contribution in [2.24, 2.45) is 5.73 Å². The topological polar surface area (TPSA) is 134 Å². The van der Waals surface area contributed by atoms with E-state index in [4.69, 9.17) is 10.5 Å². The second-order valence-electron chi connectivity index (χ2n) is 8.12. The predicted molar refractivity (Wildman–Crippen MR) is 122 cm³/mol. The molecule has 11 heteroatoms. The molecule has 3 amide bonds. The van der Waals surface area contributed by atoms with E-state index in [9.17, 15) is 14.4 Å². The summed E-state index contributed by atoms with van der Waals surface area (Å²) in [5.74, 6) is -0.322. The number of hydrogen-bond donors (Lipinski definition) is 2. The summed E-state index contributed by atoms with van der Waals surface area (Å²) >= 11 is 0. The van der Waals surface area contributed by atoms with Gasteiger partial charge in [0, 0.05) is 38.9 Å². The molecule has 2 aliphatic heterocycles. The van der Waals surface area contributed by atoms with Crippen molar-refractivity contribution in [1.82, 2.24) is 19.8 Å². The van der Waals surface area contributed by atoms with Crippen LogP contribution in [0.2, 0.25) is 0 Å². The SMILES string of the molecule is COC(=O)c1ccc(Nc2nc(N3CCC[C@@H](N4CCN(C)C4=O)C3)cnc2C(N)=O)cc1. The summed E-state index contributed by atoms with van der Waals surface area (Å²) < 4.78 is 4.71. The molecule has 2 aromatic rings. The highest BCUT2D eigenvalue weighted by atomic mass is 16.5. The number of esters is 1. The summed E-state index contributed by atoms with van der Waals surface area (Å²) in [4.78, 5) is 50.6. The third-order valence-corrected chi connectivity index (χ3v) is 5.97. The molecule has 11 nitrogen and oxygen atoms in total. The molecule has 2 saturated heterocycles. The third-order valence-electron chi connectivity index (χ3n) is 5.97. The first-order chi connectivity index (χ1) is 15.9. The first kappa shape index (κ1) is 22.3. The molecule has 0 radical (unpaired) electrons. The van der Waals surface area contributed by atoms with E-state index in [-0.39, 0.29) is 23.6 Å². The van der Waals surface area contributed by atoms with Crippen molar-refractivity contribution in [1.29, 1.82) is 0 Å². The number of nitrogens with one attached hydrogen (secondary N) is 1. The number of methoxy groups -OCH3 is 1. The van der Waals surface area contributed by atoms with Crippen molar-refractivity contribution in [2.45, 2.75) is 18.9 Å². The van der Waals surface area contributed by atoms with Gasteiger partial charge in [-0.05, 0) is 37.1 Å². The third kappa shape index (κ3) is 4.66. The van der Waals surface area contributed by atoms with Crippen molar-refractivity contribution in [2.75, 3.05) is 50.6 Å². The van der Waals surface area contributed by atoms with Gasteiger partial charge < -0.3 is 30.5 Å². The zero-order valence-electron chi connectivity index (χ0n) is 18.7. The molecule has 33 heavy (non-hydrogen) atoms. The summed E-state index contributed by atoms with van der Waals surface area (Å²) in [7, 11) is 3.13. The number of amides is 3. The molecule has 0 bridgehead atoms. The zero-order valence-corrected chi connectivity index (χ0v) is 18.7. The summed E-state index contributed by atoms with van der Waals surface area (Å²) in [6, 6.07) is 6.71. The first-order valence-corrected chi connectivity index (χ1v) is 10.8. The van der Waals surface area contributed by atoms with Crippen LogP contribution in [0.3, 0.4) is 0 Å². The van der Waals surface area contributed by atoms with Crippen LogP contribution in [-0.4, -0.2) is 84.1 Å². The van der Waals surface area contributed by atoms with Gasteiger partial charge in [-0.1, -0.05) is 0 Å². The Bertz CT molecular complexity index is 1060. The van der Waals surface area contributed by atoms with E-state index in [2.05, 4.69) is 20.2 Å². The molecule has 0 saturated carbocycles. The average Bonchev–Trinajstić information content (AvgIpc) is 3.17. The number of ether oxygens (including phenoxy) is 1. The molecule has 0 spiro atoms. The van der Waals surface area contributed by atoms with Gasteiger partial charge in [-0.3, -0.25) is 4.79 Å². The van der Waals surface area contributed by atoms with Crippen LogP contribution in [0, 0.1) is 0 Å². The summed E-state index contributed by atoms with van der Waals surface area (Å²) in [6.07, 6.45) is 3.38. The van der Waals surface area contributed by atoms with Gasteiger partial charge in [0.25, 0.3) is 5.91 Å². The summed E-state index contributed by atoms with van der Waals surface area (Å²) in [6.45, 7) is 2.85. The standard InChI is InChI=1S/C22H27N7O4/c1-27-10-11-29(22(27)32)16-4-3-9-28(13-16)17-12-24-18(19(23)30)20(26-17)25-15-7-5-14(6-8-15)21(31)33-2/h5-8,12,16H,3-4,9-11,13H2,1-2H3,(H2,23,30)(H,25,26)/t16-/m1/s1. The van der Waals surface area contributed by atoms with E-state index in [0.29, 0.717) is 30.2 Å². The zero-order chi connectivity index (χ0) is 23.5. The Balaban J connectivity index is 1.55. The molecule has 174 valence electrons. The Kier molecular flexibility index (Phi) is 6.29. The van der Waals surface area contributed by atoms with Crippen molar-refractivity contribution in [3.05, 3.63) is 41.7 Å². The minimum atomic E-state index is -0.704. The number of carbonyl (C=O) groups excluding carboxylic acids is 3. The van der Waals surface area contributed by atoms with Crippen LogP contribution in [-0.2, 0) is 4.74 Å². The van der Waals surface area contributed by atoms with Gasteiger partial charge in [-0.25, -0.2) is 19.6 Å². The normalized spacial score (nSPS) is 18.4. The molecule has 0 aliphatic carbocycles. The Morgan fingerprint density at radius 1 is 1.18 bits per heavy atom. The first-order valence-electron chi connectivity index (χ1n) is 10.8. The number of nitrogens with zero attached hydrogens (tertiary/aromatic N) is 5. The number of nitrogens with two attached hydrogens (primary N) is 1. The van der Waals surface area contributed by atoms with Gasteiger partial charge in [0.15, 0.2) is 11.5 Å². The lowest BCUT2D eigenvalue weighted by atomic mass is 10.0. The van der Waals surface area contributed by atoms with Crippen LogP contribution >= 0.6 is 0 Å². The van der Waals surface area contributed by atoms with Crippen LogP contribution in [0.15, 0.2) is 30.5 Å². The number of aromatic nitrogens is 2. The number of piperidine rings is 1. The van der Waals surface area contributed by atoms with Crippen molar-refractivity contribution >= 4 is 35.2 Å². The molecule has 2 fully saturated rings. The van der Waals surface area contributed by atoms with Crippen molar-refractivity contribution in [3.8, 4) is 0 Å². The number of carbonyl (C=O) groups is 3. The number of rotatable bonds is 6. The lowest BCUT2D eigenvalue weighted by molar-refractivity contribution is 0.0600. The van der Waals surface area contributed by atoms with E-state index >= 15 is 0 Å². The Labute approximate surface area is 191 Å². The quantitative estimate of drug-likeness (QED) is 0.628. The maximum Gasteiger partial charge on any atom is 0.337 e. The Morgan fingerprint density at radius 2 is 1.94 bits per heavy atom. The maximum absolute atomic E-state index is 12.4. The molecule has 2 aliphatic rings. The van der Waals surface area contributed by atoms with Gasteiger partial charge in [-0.15, -0.1) is 0 Å². The van der Waals surface area contributed by atoms with Crippen LogP contribution in [0.4, 0.5) is 22.1 Å². The number of hydrogen-bond acceptors (Lipinski definition) is 8. The van der Waals surface area contributed by atoms with Crippen LogP contribution in [0.1, 0.15) is 33.7 Å². The van der Waals surface area contributed by atoms with Crippen LogP contribution in [0.5, 0.6) is 0 Å². The highest BCUT2D eigenvalue weighted by molar-refractivity contribution is 5.96. The second kappa shape index (κ2) is 9.31. The molecule has 1 aromatic heterocycles. The fourth-order valence-electron chi connectivity index (χ4n) is 4.17. The average molecular weight is 454 g/mol. The van der Waals surface area contributed by atoms with Gasteiger partial charge in [0.2, 0.25) is 0 Å². The number of urea groups is 1. The van der Waals surface area contributed by atoms with Crippen LogP contribution in [0.25, 0.3) is 0 Å². The summed E-state index contributed by atoms with van der Waals surface area (Å²) in [5, 5.41) is 3.07. The number of benzene rings is 1.